The number of amides is 1. The number of likely N-dealkylation sites (tertiary alicyclic amines) is 1. The zero-order valence-corrected chi connectivity index (χ0v) is 12.3. The van der Waals surface area contributed by atoms with Crippen molar-refractivity contribution in [2.24, 2.45) is 0 Å². The number of carboxylic acid groups (broad SMARTS) is 1. The molecule has 0 spiro atoms. The molecule has 0 aromatic carbocycles. The number of aliphatic carboxylic acids is 1. The van der Waals surface area contributed by atoms with E-state index in [1.165, 1.54) is 7.11 Å². The van der Waals surface area contributed by atoms with Crippen LogP contribution in [0.5, 0.6) is 5.88 Å². The molecule has 0 radical (unpaired) electrons. The van der Waals surface area contributed by atoms with Crippen molar-refractivity contribution >= 4 is 11.9 Å². The molecule has 1 fully saturated rings. The van der Waals surface area contributed by atoms with Crippen LogP contribution in [0.25, 0.3) is 0 Å². The molecule has 21 heavy (non-hydrogen) atoms. The van der Waals surface area contributed by atoms with Gasteiger partial charge in [-0.05, 0) is 38.3 Å². The third-order valence-electron chi connectivity index (χ3n) is 3.72. The molecule has 1 saturated heterocycles. The van der Waals surface area contributed by atoms with E-state index in [0.717, 1.165) is 25.0 Å². The molecule has 1 aromatic heterocycles. The molecule has 0 bridgehead atoms. The van der Waals surface area contributed by atoms with Gasteiger partial charge in [0.05, 0.1) is 13.5 Å². The number of aromatic nitrogens is 1. The van der Waals surface area contributed by atoms with Crippen LogP contribution in [0.1, 0.15) is 41.7 Å². The van der Waals surface area contributed by atoms with Crippen LogP contribution >= 0.6 is 0 Å². The number of pyridine rings is 1. The van der Waals surface area contributed by atoms with Gasteiger partial charge in [0, 0.05) is 18.3 Å². The number of hydrogen-bond acceptors (Lipinski definition) is 4. The number of hydrogen-bond donors (Lipinski definition) is 1. The average Bonchev–Trinajstić information content (AvgIpc) is 2.46. The largest absolute Gasteiger partial charge is 0.481 e. The van der Waals surface area contributed by atoms with E-state index in [9.17, 15) is 9.59 Å². The molecular weight excluding hydrogens is 272 g/mol. The smallest absolute Gasteiger partial charge is 0.305 e. The zero-order chi connectivity index (χ0) is 15.4. The van der Waals surface area contributed by atoms with Crippen LogP contribution in [-0.4, -0.2) is 46.6 Å². The van der Waals surface area contributed by atoms with E-state index < -0.39 is 5.97 Å². The number of aryl methyl sites for hydroxylation is 1. The van der Waals surface area contributed by atoms with Crippen LogP contribution in [0.15, 0.2) is 12.1 Å². The number of ether oxygens (including phenoxy) is 1. The zero-order valence-electron chi connectivity index (χ0n) is 12.3. The Labute approximate surface area is 123 Å². The van der Waals surface area contributed by atoms with Crippen molar-refractivity contribution in [1.82, 2.24) is 9.88 Å². The van der Waals surface area contributed by atoms with E-state index in [0.29, 0.717) is 18.0 Å². The Kier molecular flexibility index (Phi) is 4.77. The van der Waals surface area contributed by atoms with Crippen molar-refractivity contribution < 1.29 is 19.4 Å². The molecule has 1 N–H and O–H groups in total. The predicted molar refractivity (Wildman–Crippen MR) is 76.5 cm³/mol. The maximum atomic E-state index is 12.7. The van der Waals surface area contributed by atoms with E-state index in [2.05, 4.69) is 4.98 Å². The molecule has 1 aromatic rings. The normalized spacial score (nSPS) is 18.4. The Hall–Kier alpha value is -2.11. The topological polar surface area (TPSA) is 79.7 Å². The summed E-state index contributed by atoms with van der Waals surface area (Å²) in [6, 6.07) is 3.19. The lowest BCUT2D eigenvalue weighted by atomic mass is 9.98. The van der Waals surface area contributed by atoms with Crippen LogP contribution in [0.3, 0.4) is 0 Å². The van der Waals surface area contributed by atoms with Crippen LogP contribution in [0, 0.1) is 6.92 Å². The standard InChI is InChI=1S/C15H20N2O4/c1-10-6-7-12(14(16-10)21-2)15(20)17-8-4-3-5-11(17)9-13(18)19/h6-7,11H,3-5,8-9H2,1-2H3,(H,18,19). The fourth-order valence-corrected chi connectivity index (χ4v) is 2.69. The van der Waals surface area contributed by atoms with Crippen molar-refractivity contribution in [3.8, 4) is 5.88 Å². The molecular formula is C15H20N2O4. The van der Waals surface area contributed by atoms with Crippen LogP contribution in [0.2, 0.25) is 0 Å². The van der Waals surface area contributed by atoms with Gasteiger partial charge in [0.15, 0.2) is 0 Å². The SMILES string of the molecule is COc1nc(C)ccc1C(=O)N1CCCCC1CC(=O)O. The highest BCUT2D eigenvalue weighted by Crippen LogP contribution is 2.25. The first-order valence-corrected chi connectivity index (χ1v) is 7.07. The van der Waals surface area contributed by atoms with E-state index in [4.69, 9.17) is 9.84 Å². The summed E-state index contributed by atoms with van der Waals surface area (Å²) in [4.78, 5) is 29.5. The van der Waals surface area contributed by atoms with E-state index in [-0.39, 0.29) is 18.4 Å². The molecule has 1 atom stereocenters. The summed E-state index contributed by atoms with van der Waals surface area (Å²) in [5.74, 6) is -0.793. The van der Waals surface area contributed by atoms with Gasteiger partial charge in [0.2, 0.25) is 5.88 Å². The molecule has 1 amide bonds. The molecule has 1 aliphatic heterocycles. The van der Waals surface area contributed by atoms with Gasteiger partial charge in [0.25, 0.3) is 5.91 Å². The predicted octanol–water partition coefficient (Wildman–Crippen LogP) is 1.87. The lowest BCUT2D eigenvalue weighted by Crippen LogP contribution is -2.44. The van der Waals surface area contributed by atoms with E-state index in [1.807, 2.05) is 6.92 Å². The van der Waals surface area contributed by atoms with Crippen molar-refractivity contribution in [2.45, 2.75) is 38.6 Å². The van der Waals surface area contributed by atoms with Gasteiger partial charge in [0.1, 0.15) is 5.56 Å². The molecule has 1 unspecified atom stereocenters. The molecule has 2 rings (SSSR count). The van der Waals surface area contributed by atoms with Crippen molar-refractivity contribution in [1.29, 1.82) is 0 Å². The first kappa shape index (κ1) is 15.3. The van der Waals surface area contributed by atoms with Gasteiger partial charge in [-0.25, -0.2) is 4.98 Å². The number of carbonyl (C=O) groups excluding carboxylic acids is 1. The highest BCUT2D eigenvalue weighted by molar-refractivity contribution is 5.96. The van der Waals surface area contributed by atoms with Crippen molar-refractivity contribution in [2.75, 3.05) is 13.7 Å². The summed E-state index contributed by atoms with van der Waals surface area (Å²) in [6.07, 6.45) is 2.54. The number of nitrogens with zero attached hydrogens (tertiary/aromatic N) is 2. The molecule has 114 valence electrons. The van der Waals surface area contributed by atoms with Gasteiger partial charge in [-0.2, -0.15) is 0 Å². The highest BCUT2D eigenvalue weighted by Gasteiger charge is 2.30. The van der Waals surface area contributed by atoms with Gasteiger partial charge >= 0.3 is 5.97 Å². The van der Waals surface area contributed by atoms with Gasteiger partial charge in [-0.1, -0.05) is 0 Å². The molecule has 6 nitrogen and oxygen atoms in total. The van der Waals surface area contributed by atoms with Crippen LogP contribution < -0.4 is 4.74 Å². The quantitative estimate of drug-likeness (QED) is 0.916. The number of rotatable bonds is 4. The number of piperidine rings is 1. The second-order valence-corrected chi connectivity index (χ2v) is 5.26. The summed E-state index contributed by atoms with van der Waals surface area (Å²) in [7, 11) is 1.48. The van der Waals surface area contributed by atoms with Gasteiger partial charge in [-0.15, -0.1) is 0 Å². The Bertz CT molecular complexity index is 544. The third kappa shape index (κ3) is 3.51. The van der Waals surface area contributed by atoms with Gasteiger partial charge < -0.3 is 14.7 Å². The maximum Gasteiger partial charge on any atom is 0.305 e. The summed E-state index contributed by atoms with van der Waals surface area (Å²) in [5, 5.41) is 9.00. The maximum absolute atomic E-state index is 12.7. The molecule has 0 aliphatic carbocycles. The Morgan fingerprint density at radius 3 is 2.86 bits per heavy atom. The fraction of sp³-hybridized carbons (Fsp3) is 0.533. The second-order valence-electron chi connectivity index (χ2n) is 5.26. The summed E-state index contributed by atoms with van der Waals surface area (Å²) >= 11 is 0. The second kappa shape index (κ2) is 6.56. The summed E-state index contributed by atoms with van der Waals surface area (Å²) < 4.78 is 5.18. The number of carboxylic acids is 1. The Balaban J connectivity index is 2.26. The van der Waals surface area contributed by atoms with Crippen LogP contribution in [-0.2, 0) is 4.79 Å². The number of methoxy groups -OCH3 is 1. The minimum Gasteiger partial charge on any atom is -0.481 e. The summed E-state index contributed by atoms with van der Waals surface area (Å²) in [5.41, 5.74) is 1.16. The van der Waals surface area contributed by atoms with Crippen LogP contribution in [0.4, 0.5) is 0 Å². The monoisotopic (exact) mass is 292 g/mol. The van der Waals surface area contributed by atoms with Crippen molar-refractivity contribution in [3.05, 3.63) is 23.4 Å². The molecule has 0 saturated carbocycles. The first-order chi connectivity index (χ1) is 10.0. The minimum atomic E-state index is -0.881. The van der Waals surface area contributed by atoms with E-state index in [1.54, 1.807) is 17.0 Å². The lowest BCUT2D eigenvalue weighted by Gasteiger charge is -2.35. The lowest BCUT2D eigenvalue weighted by molar-refractivity contribution is -0.138. The minimum absolute atomic E-state index is 0.0205. The highest BCUT2D eigenvalue weighted by atomic mass is 16.5. The molecule has 2 heterocycles. The summed E-state index contributed by atoms with van der Waals surface area (Å²) in [6.45, 7) is 2.40. The Morgan fingerprint density at radius 2 is 2.19 bits per heavy atom. The van der Waals surface area contributed by atoms with E-state index >= 15 is 0 Å². The molecule has 1 aliphatic rings. The first-order valence-electron chi connectivity index (χ1n) is 7.07. The molecule has 6 heteroatoms. The fourth-order valence-electron chi connectivity index (χ4n) is 2.69. The number of carbonyl (C=O) groups is 2. The van der Waals surface area contributed by atoms with Gasteiger partial charge in [-0.3, -0.25) is 9.59 Å². The Morgan fingerprint density at radius 1 is 1.43 bits per heavy atom. The average molecular weight is 292 g/mol. The third-order valence-corrected chi connectivity index (χ3v) is 3.72. The van der Waals surface area contributed by atoms with Crippen molar-refractivity contribution in [3.63, 3.8) is 0 Å².